The number of hydrogen-bond donors (Lipinski definition) is 2. The van der Waals surface area contributed by atoms with Crippen molar-refractivity contribution in [3.05, 3.63) is 40.6 Å². The van der Waals surface area contributed by atoms with E-state index in [1.807, 2.05) is 6.92 Å². The number of carbonyl (C=O) groups excluding carboxylic acids is 3. The molecule has 0 aliphatic carbocycles. The van der Waals surface area contributed by atoms with Crippen molar-refractivity contribution in [2.24, 2.45) is 0 Å². The van der Waals surface area contributed by atoms with Gasteiger partial charge in [-0.3, -0.25) is 14.5 Å². The molecule has 0 saturated heterocycles. The second kappa shape index (κ2) is 6.62. The van der Waals surface area contributed by atoms with Crippen molar-refractivity contribution in [2.45, 2.75) is 13.8 Å². The summed E-state index contributed by atoms with van der Waals surface area (Å²) in [6, 6.07) is 3.34. The van der Waals surface area contributed by atoms with Gasteiger partial charge in [-0.05, 0) is 37.1 Å². The first-order valence-corrected chi connectivity index (χ1v) is 7.04. The van der Waals surface area contributed by atoms with Gasteiger partial charge in [0.25, 0.3) is 11.8 Å². The van der Waals surface area contributed by atoms with Crippen LogP contribution in [0.1, 0.15) is 21.5 Å². The number of carbonyl (C=O) groups is 3. The van der Waals surface area contributed by atoms with Crippen LogP contribution in [0.4, 0.5) is 5.69 Å². The summed E-state index contributed by atoms with van der Waals surface area (Å²) in [6.07, 6.45) is 1.17. The third-order valence-electron chi connectivity index (χ3n) is 3.68. The molecular formula is C16H18N2O5. The molecule has 1 aliphatic heterocycles. The molecule has 1 aliphatic rings. The fraction of sp³-hybridized carbons (Fsp3) is 0.312. The summed E-state index contributed by atoms with van der Waals surface area (Å²) in [7, 11) is 1.30. The van der Waals surface area contributed by atoms with Crippen LogP contribution in [-0.2, 0) is 14.3 Å². The number of β-amino-alcohol motifs (C(OH)–C–C–N with tert-alkyl or cyclic N) is 1. The molecule has 0 spiro atoms. The number of nitrogens with one attached hydrogen (secondary N) is 1. The highest BCUT2D eigenvalue weighted by Crippen LogP contribution is 2.23. The molecule has 2 amide bonds. The average Bonchev–Trinajstić information content (AvgIpc) is 2.78. The van der Waals surface area contributed by atoms with Gasteiger partial charge in [0.15, 0.2) is 0 Å². The van der Waals surface area contributed by atoms with Gasteiger partial charge in [0, 0.05) is 11.8 Å². The van der Waals surface area contributed by atoms with E-state index in [9.17, 15) is 14.4 Å². The molecular weight excluding hydrogens is 300 g/mol. The minimum absolute atomic E-state index is 0.0559. The Hall–Kier alpha value is -2.67. The highest BCUT2D eigenvalue weighted by molar-refractivity contribution is 6.17. The first-order chi connectivity index (χ1) is 10.9. The van der Waals surface area contributed by atoms with E-state index in [0.717, 1.165) is 16.0 Å². The zero-order chi connectivity index (χ0) is 17.1. The maximum atomic E-state index is 12.1. The number of aliphatic hydroxyl groups is 1. The van der Waals surface area contributed by atoms with Gasteiger partial charge in [0.1, 0.15) is 5.70 Å². The first kappa shape index (κ1) is 16.7. The molecule has 2 N–H and O–H groups in total. The van der Waals surface area contributed by atoms with Crippen molar-refractivity contribution in [2.75, 3.05) is 25.6 Å². The highest BCUT2D eigenvalue weighted by Gasteiger charge is 2.30. The lowest BCUT2D eigenvalue weighted by molar-refractivity contribution is -0.137. The molecule has 2 rings (SSSR count). The Kier molecular flexibility index (Phi) is 4.80. The second-order valence-corrected chi connectivity index (χ2v) is 5.16. The fourth-order valence-corrected chi connectivity index (χ4v) is 2.32. The summed E-state index contributed by atoms with van der Waals surface area (Å²) < 4.78 is 4.75. The smallest absolute Gasteiger partial charge is 0.338 e. The van der Waals surface area contributed by atoms with Crippen LogP contribution < -0.4 is 5.32 Å². The van der Waals surface area contributed by atoms with Crippen LogP contribution in [0.2, 0.25) is 0 Å². The lowest BCUT2D eigenvalue weighted by Gasteiger charge is -2.15. The number of hydrogen-bond acceptors (Lipinski definition) is 6. The molecule has 0 atom stereocenters. The minimum atomic E-state index is -0.512. The number of imide groups is 1. The Morgan fingerprint density at radius 1 is 1.30 bits per heavy atom. The molecule has 23 heavy (non-hydrogen) atoms. The van der Waals surface area contributed by atoms with Crippen molar-refractivity contribution >= 4 is 23.5 Å². The van der Waals surface area contributed by atoms with Crippen LogP contribution >= 0.6 is 0 Å². The predicted molar refractivity (Wildman–Crippen MR) is 82.8 cm³/mol. The quantitative estimate of drug-likeness (QED) is 0.614. The van der Waals surface area contributed by atoms with Gasteiger partial charge in [0.05, 0.1) is 25.8 Å². The summed E-state index contributed by atoms with van der Waals surface area (Å²) in [5.74, 6) is -1.47. The molecule has 1 aromatic rings. The molecule has 1 heterocycles. The first-order valence-electron chi connectivity index (χ1n) is 7.04. The predicted octanol–water partition coefficient (Wildman–Crippen LogP) is 0.747. The van der Waals surface area contributed by atoms with Gasteiger partial charge in [-0.1, -0.05) is 0 Å². The molecule has 1 aromatic carbocycles. The monoisotopic (exact) mass is 318 g/mol. The molecule has 0 bridgehead atoms. The van der Waals surface area contributed by atoms with E-state index in [1.165, 1.54) is 13.2 Å². The van der Waals surface area contributed by atoms with E-state index in [-0.39, 0.29) is 18.8 Å². The largest absolute Gasteiger partial charge is 0.465 e. The number of aliphatic hydroxyl groups excluding tert-OH is 1. The van der Waals surface area contributed by atoms with Crippen LogP contribution in [0.15, 0.2) is 23.9 Å². The molecule has 0 aromatic heterocycles. The van der Waals surface area contributed by atoms with Gasteiger partial charge in [-0.2, -0.15) is 0 Å². The molecule has 7 heteroatoms. The Morgan fingerprint density at radius 2 is 2.00 bits per heavy atom. The van der Waals surface area contributed by atoms with Crippen molar-refractivity contribution in [1.82, 2.24) is 4.90 Å². The van der Waals surface area contributed by atoms with E-state index in [0.29, 0.717) is 11.3 Å². The van der Waals surface area contributed by atoms with Gasteiger partial charge < -0.3 is 15.2 Å². The van der Waals surface area contributed by atoms with Crippen molar-refractivity contribution in [3.63, 3.8) is 0 Å². The van der Waals surface area contributed by atoms with Crippen LogP contribution in [0.25, 0.3) is 0 Å². The Bertz CT molecular complexity index is 709. The van der Waals surface area contributed by atoms with Crippen LogP contribution in [0.3, 0.4) is 0 Å². The standard InChI is InChI=1S/C16H18N2O5/c1-9-6-11(7-12(10(9)2)16(22)23-3)17-13-8-14(20)18(4-5-19)15(13)21/h6-8,17,19H,4-5H2,1-3H3. The molecule has 0 fully saturated rings. The van der Waals surface area contributed by atoms with Crippen molar-refractivity contribution in [1.29, 1.82) is 0 Å². The van der Waals surface area contributed by atoms with Crippen molar-refractivity contribution < 1.29 is 24.2 Å². The Balaban J connectivity index is 2.29. The summed E-state index contributed by atoms with van der Waals surface area (Å²) in [5.41, 5.74) is 2.63. The Labute approximate surface area is 133 Å². The number of esters is 1. The molecule has 7 nitrogen and oxygen atoms in total. The number of ether oxygens (including phenoxy) is 1. The van der Waals surface area contributed by atoms with Crippen LogP contribution in [0.5, 0.6) is 0 Å². The number of methoxy groups -OCH3 is 1. The van der Waals surface area contributed by atoms with Crippen LogP contribution in [-0.4, -0.2) is 48.1 Å². The SMILES string of the molecule is COC(=O)c1cc(NC2=CC(=O)N(CCO)C2=O)cc(C)c1C. The molecule has 0 saturated carbocycles. The fourth-order valence-electron chi connectivity index (χ4n) is 2.32. The van der Waals surface area contributed by atoms with E-state index in [4.69, 9.17) is 9.84 Å². The normalized spacial score (nSPS) is 14.1. The summed E-state index contributed by atoms with van der Waals surface area (Å²) in [6.45, 7) is 3.29. The number of amides is 2. The number of benzene rings is 1. The molecule has 122 valence electrons. The summed E-state index contributed by atoms with van der Waals surface area (Å²) >= 11 is 0. The van der Waals surface area contributed by atoms with Gasteiger partial charge >= 0.3 is 5.97 Å². The van der Waals surface area contributed by atoms with Gasteiger partial charge in [-0.15, -0.1) is 0 Å². The lowest BCUT2D eigenvalue weighted by atomic mass is 10.0. The number of nitrogens with zero attached hydrogens (tertiary/aromatic N) is 1. The lowest BCUT2D eigenvalue weighted by Crippen LogP contribution is -2.34. The second-order valence-electron chi connectivity index (χ2n) is 5.16. The maximum absolute atomic E-state index is 12.1. The Morgan fingerprint density at radius 3 is 2.61 bits per heavy atom. The van der Waals surface area contributed by atoms with Gasteiger partial charge in [0.2, 0.25) is 0 Å². The molecule has 0 unspecified atom stereocenters. The van der Waals surface area contributed by atoms with E-state index < -0.39 is 17.8 Å². The van der Waals surface area contributed by atoms with Crippen molar-refractivity contribution in [3.8, 4) is 0 Å². The third-order valence-corrected chi connectivity index (χ3v) is 3.68. The zero-order valence-corrected chi connectivity index (χ0v) is 13.2. The topological polar surface area (TPSA) is 95.9 Å². The van der Waals surface area contributed by atoms with Crippen LogP contribution in [0, 0.1) is 13.8 Å². The van der Waals surface area contributed by atoms with E-state index in [2.05, 4.69) is 5.32 Å². The summed E-state index contributed by atoms with van der Waals surface area (Å²) in [4.78, 5) is 36.6. The number of anilines is 1. The number of rotatable bonds is 5. The molecule has 0 radical (unpaired) electrons. The van der Waals surface area contributed by atoms with E-state index in [1.54, 1.807) is 19.1 Å². The van der Waals surface area contributed by atoms with E-state index >= 15 is 0 Å². The maximum Gasteiger partial charge on any atom is 0.338 e. The average molecular weight is 318 g/mol. The third kappa shape index (κ3) is 3.24. The zero-order valence-electron chi connectivity index (χ0n) is 13.2. The highest BCUT2D eigenvalue weighted by atomic mass is 16.5. The minimum Gasteiger partial charge on any atom is -0.465 e. The summed E-state index contributed by atoms with van der Waals surface area (Å²) in [5, 5.41) is 11.7. The van der Waals surface area contributed by atoms with Gasteiger partial charge in [-0.25, -0.2) is 4.79 Å². The number of aryl methyl sites for hydroxylation is 1.